The van der Waals surface area contributed by atoms with E-state index in [-0.39, 0.29) is 17.4 Å². The van der Waals surface area contributed by atoms with Gasteiger partial charge < -0.3 is 0 Å². The van der Waals surface area contributed by atoms with Gasteiger partial charge in [0.25, 0.3) is 0 Å². The molecule has 5 rings (SSSR count). The first-order valence-corrected chi connectivity index (χ1v) is 11.8. The van der Waals surface area contributed by atoms with E-state index in [4.69, 9.17) is 14.0 Å². The summed E-state index contributed by atoms with van der Waals surface area (Å²) in [7, 11) is -0.646. The third-order valence-corrected chi connectivity index (χ3v) is 7.75. The number of fused-ring (bicyclic) bond motifs is 1. The van der Waals surface area contributed by atoms with Crippen molar-refractivity contribution in [2.75, 3.05) is 0 Å². The quantitative estimate of drug-likeness (QED) is 0.154. The molecule has 0 atom stereocenters. The standard InChI is InChI=1S/C28H21P.3CO.Cr/c1-3-14-23(15-4-1)29(24-16-5-2-6-17-24)28-21-10-9-19-27(28)26-20-11-13-22-12-7-8-18-25(22)26;3*1-2;/h1-21H;;;;. The van der Waals surface area contributed by atoms with Gasteiger partial charge in [0.05, 0.1) is 0 Å². The van der Waals surface area contributed by atoms with E-state index in [2.05, 4.69) is 147 Å². The largest absolute Gasteiger partial charge is 0.0622 e. The molecule has 3 nitrogen and oxygen atoms in total. The Bertz CT molecular complexity index is 1340. The maximum Gasteiger partial charge on any atom is 0 e. The van der Waals surface area contributed by atoms with Crippen molar-refractivity contribution in [3.05, 3.63) is 147 Å². The molecule has 0 aliphatic carbocycles. The van der Waals surface area contributed by atoms with E-state index in [1.165, 1.54) is 37.8 Å². The molecule has 0 aliphatic rings. The number of hydrogen-bond acceptors (Lipinski definition) is 0. The smallest absolute Gasteiger partial charge is 0 e. The summed E-state index contributed by atoms with van der Waals surface area (Å²) in [6, 6.07) is 46.0. The summed E-state index contributed by atoms with van der Waals surface area (Å²) in [4.78, 5) is 0. The Morgan fingerprint density at radius 2 is 0.833 bits per heavy atom. The topological polar surface area (TPSA) is 59.7 Å². The molecule has 5 aromatic rings. The van der Waals surface area contributed by atoms with E-state index in [1.807, 2.05) is 0 Å². The fourth-order valence-electron chi connectivity index (χ4n) is 3.94. The molecule has 0 heterocycles. The Labute approximate surface area is 223 Å². The van der Waals surface area contributed by atoms with E-state index in [9.17, 15) is 0 Å². The Kier molecular flexibility index (Phi) is 14.5. The molecule has 0 bridgehead atoms. The monoisotopic (exact) mass is 524 g/mol. The van der Waals surface area contributed by atoms with Crippen LogP contribution in [-0.4, -0.2) is 0 Å². The van der Waals surface area contributed by atoms with Crippen LogP contribution in [0.4, 0.5) is 0 Å². The van der Waals surface area contributed by atoms with Crippen molar-refractivity contribution in [1.82, 2.24) is 0 Å². The van der Waals surface area contributed by atoms with Gasteiger partial charge in [-0.3, -0.25) is 0 Å². The van der Waals surface area contributed by atoms with Gasteiger partial charge >= 0.3 is 33.9 Å². The molecule has 0 radical (unpaired) electrons. The summed E-state index contributed by atoms with van der Waals surface area (Å²) in [5.74, 6) is 0. The minimum atomic E-state index is -0.646. The van der Waals surface area contributed by atoms with E-state index in [0.29, 0.717) is 0 Å². The zero-order valence-corrected chi connectivity index (χ0v) is 21.4. The SMILES string of the molecule is [C-]#[O+].[C-]#[O+].[C-]#[O+].[Cr].c1ccc(P(c2ccccc2)c2ccccc2-c2cccc3ccccc23)cc1. The predicted molar refractivity (Wildman–Crippen MR) is 140 cm³/mol. The van der Waals surface area contributed by atoms with Crippen molar-refractivity contribution < 1.29 is 31.3 Å². The van der Waals surface area contributed by atoms with Gasteiger partial charge in [-0.15, -0.1) is 0 Å². The molecule has 174 valence electrons. The maximum atomic E-state index is 7.50. The van der Waals surface area contributed by atoms with Crippen molar-refractivity contribution in [3.63, 3.8) is 0 Å². The van der Waals surface area contributed by atoms with Crippen molar-refractivity contribution in [3.8, 4) is 11.1 Å². The Balaban J connectivity index is 0.000000864. The molecule has 0 amide bonds. The van der Waals surface area contributed by atoms with Crippen LogP contribution < -0.4 is 15.9 Å². The third kappa shape index (κ3) is 7.27. The van der Waals surface area contributed by atoms with Crippen LogP contribution in [-0.2, 0) is 31.3 Å². The van der Waals surface area contributed by atoms with E-state index >= 15 is 0 Å². The van der Waals surface area contributed by atoms with E-state index < -0.39 is 7.92 Å². The number of benzene rings is 5. The summed E-state index contributed by atoms with van der Waals surface area (Å²) in [5.41, 5.74) is 2.63. The van der Waals surface area contributed by atoms with Crippen molar-refractivity contribution in [2.45, 2.75) is 0 Å². The van der Waals surface area contributed by atoms with E-state index in [0.717, 1.165) is 0 Å². The molecule has 0 aromatic heterocycles. The van der Waals surface area contributed by atoms with Crippen LogP contribution in [0, 0.1) is 20.0 Å². The average Bonchev–Trinajstić information content (AvgIpc) is 2.98. The second-order valence-electron chi connectivity index (χ2n) is 7.05. The molecule has 0 spiro atoms. The molecule has 0 saturated heterocycles. The average molecular weight is 524 g/mol. The molecule has 36 heavy (non-hydrogen) atoms. The van der Waals surface area contributed by atoms with Crippen molar-refractivity contribution in [2.24, 2.45) is 0 Å². The molecule has 0 aliphatic heterocycles. The van der Waals surface area contributed by atoms with Gasteiger partial charge in [0.2, 0.25) is 0 Å². The van der Waals surface area contributed by atoms with Gasteiger partial charge in [0, 0.05) is 17.4 Å². The number of hydrogen-bond donors (Lipinski definition) is 0. The van der Waals surface area contributed by atoms with Crippen LogP contribution >= 0.6 is 7.92 Å². The Hall–Kier alpha value is -3.46. The fourth-order valence-corrected chi connectivity index (χ4v) is 6.40. The molecule has 0 N–H and O–H groups in total. The van der Waals surface area contributed by atoms with Crippen LogP contribution in [0.25, 0.3) is 21.9 Å². The predicted octanol–water partition coefficient (Wildman–Crippen LogP) is 6.15. The van der Waals surface area contributed by atoms with Gasteiger partial charge in [-0.25, -0.2) is 0 Å². The van der Waals surface area contributed by atoms with Gasteiger partial charge in [0.1, 0.15) is 0 Å². The maximum absolute atomic E-state index is 7.50. The van der Waals surface area contributed by atoms with Crippen molar-refractivity contribution >= 4 is 34.6 Å². The van der Waals surface area contributed by atoms with Gasteiger partial charge in [-0.2, -0.15) is 0 Å². The van der Waals surface area contributed by atoms with Gasteiger partial charge in [-0.05, 0) is 45.7 Å². The summed E-state index contributed by atoms with van der Waals surface area (Å²) in [6.45, 7) is 13.5. The Morgan fingerprint density at radius 1 is 0.417 bits per heavy atom. The number of rotatable bonds is 4. The zero-order valence-electron chi connectivity index (χ0n) is 19.2. The Morgan fingerprint density at radius 3 is 1.42 bits per heavy atom. The van der Waals surface area contributed by atoms with E-state index in [1.54, 1.807) is 0 Å². The van der Waals surface area contributed by atoms with Crippen LogP contribution in [0.15, 0.2) is 127 Å². The fraction of sp³-hybridized carbons (Fsp3) is 0. The van der Waals surface area contributed by atoms with Crippen LogP contribution in [0.2, 0.25) is 0 Å². The first-order chi connectivity index (χ1) is 17.4. The third-order valence-electron chi connectivity index (χ3n) is 5.25. The molecule has 0 fully saturated rings. The van der Waals surface area contributed by atoms with Gasteiger partial charge in [0.15, 0.2) is 0 Å². The molecule has 5 aromatic carbocycles. The van der Waals surface area contributed by atoms with Crippen LogP contribution in [0.1, 0.15) is 0 Å². The normalized spacial score (nSPS) is 9.08. The first-order valence-electron chi connectivity index (χ1n) is 10.5. The summed E-state index contributed by atoms with van der Waals surface area (Å²) in [6.07, 6.45) is 0. The zero-order chi connectivity index (χ0) is 25.5. The summed E-state index contributed by atoms with van der Waals surface area (Å²) >= 11 is 0. The second kappa shape index (κ2) is 17.0. The minimum absolute atomic E-state index is 0. The summed E-state index contributed by atoms with van der Waals surface area (Å²) < 4.78 is 22.5. The van der Waals surface area contributed by atoms with Gasteiger partial charge in [-0.1, -0.05) is 127 Å². The summed E-state index contributed by atoms with van der Waals surface area (Å²) in [5, 5.41) is 6.74. The molecule has 0 unspecified atom stereocenters. The molecule has 5 heteroatoms. The van der Waals surface area contributed by atoms with Crippen molar-refractivity contribution in [1.29, 1.82) is 0 Å². The molecular formula is C31H21CrO3P. The second-order valence-corrected chi connectivity index (χ2v) is 9.24. The molecule has 0 saturated carbocycles. The first kappa shape index (κ1) is 30.6. The van der Waals surface area contributed by atoms with Crippen LogP contribution in [0.5, 0.6) is 0 Å². The molecular weight excluding hydrogens is 503 g/mol. The minimum Gasteiger partial charge on any atom is -0.0622 e. The van der Waals surface area contributed by atoms with Crippen LogP contribution in [0.3, 0.4) is 0 Å².